The van der Waals surface area contributed by atoms with Crippen molar-refractivity contribution in [2.45, 2.75) is 38.3 Å². The van der Waals surface area contributed by atoms with Gasteiger partial charge in [-0.25, -0.2) is 4.39 Å². The van der Waals surface area contributed by atoms with Gasteiger partial charge in [0.15, 0.2) is 0 Å². The van der Waals surface area contributed by atoms with Crippen LogP contribution in [0.1, 0.15) is 42.0 Å². The van der Waals surface area contributed by atoms with E-state index in [1.807, 2.05) is 0 Å². The number of hydrogen-bond acceptors (Lipinski definition) is 4. The van der Waals surface area contributed by atoms with Gasteiger partial charge in [0.1, 0.15) is 5.82 Å². The predicted molar refractivity (Wildman–Crippen MR) is 123 cm³/mol. The molecule has 0 aromatic heterocycles. The third-order valence-electron chi connectivity index (χ3n) is 6.45. The van der Waals surface area contributed by atoms with E-state index < -0.39 is 11.8 Å². The standard InChI is InChI=1S/C25H31FN4O2/c1-29-12-4-5-19-15-20(8-11-22(19)29)23(30-13-2-3-14-30)17-28-25(32)24(31)27-16-18-6-9-21(26)10-7-18/h6-11,15,23H,2-5,12-14,16-17H2,1H3,(H,27,31)(H,28,32). The molecule has 0 spiro atoms. The highest BCUT2D eigenvalue weighted by Gasteiger charge is 2.26. The number of aryl methyl sites for hydroxylation is 1. The molecule has 0 bridgehead atoms. The van der Waals surface area contributed by atoms with Crippen LogP contribution >= 0.6 is 0 Å². The first-order valence-corrected chi connectivity index (χ1v) is 11.4. The van der Waals surface area contributed by atoms with E-state index in [1.54, 1.807) is 12.1 Å². The van der Waals surface area contributed by atoms with Crippen molar-refractivity contribution in [1.82, 2.24) is 15.5 Å². The molecule has 1 unspecified atom stereocenters. The molecule has 2 aliphatic rings. The van der Waals surface area contributed by atoms with Gasteiger partial charge in [0, 0.05) is 32.4 Å². The largest absolute Gasteiger partial charge is 0.374 e. The maximum Gasteiger partial charge on any atom is 0.309 e. The summed E-state index contributed by atoms with van der Waals surface area (Å²) in [5, 5.41) is 5.43. The first kappa shape index (κ1) is 22.3. The zero-order valence-electron chi connectivity index (χ0n) is 18.6. The van der Waals surface area contributed by atoms with Crippen molar-refractivity contribution in [3.8, 4) is 0 Å². The van der Waals surface area contributed by atoms with Crippen molar-refractivity contribution < 1.29 is 14.0 Å². The molecule has 2 N–H and O–H groups in total. The SMILES string of the molecule is CN1CCCc2cc(C(CNC(=O)C(=O)NCc3ccc(F)cc3)N3CCCC3)ccc21. The Morgan fingerprint density at radius 1 is 0.969 bits per heavy atom. The van der Waals surface area contributed by atoms with Crippen LogP contribution in [0.4, 0.5) is 10.1 Å². The number of likely N-dealkylation sites (tertiary alicyclic amines) is 1. The van der Waals surface area contributed by atoms with E-state index in [9.17, 15) is 14.0 Å². The van der Waals surface area contributed by atoms with E-state index in [0.29, 0.717) is 6.54 Å². The molecule has 2 heterocycles. The molecule has 2 aromatic rings. The summed E-state index contributed by atoms with van der Waals surface area (Å²) in [6.07, 6.45) is 4.51. The minimum absolute atomic E-state index is 0.0453. The fourth-order valence-electron chi connectivity index (χ4n) is 4.66. The smallest absolute Gasteiger partial charge is 0.309 e. The fraction of sp³-hybridized carbons (Fsp3) is 0.440. The normalized spacial score (nSPS) is 17.0. The van der Waals surface area contributed by atoms with Gasteiger partial charge in [-0.1, -0.05) is 24.3 Å². The predicted octanol–water partition coefficient (Wildman–Crippen LogP) is 2.78. The monoisotopic (exact) mass is 438 g/mol. The molecule has 0 aliphatic carbocycles. The second-order valence-corrected chi connectivity index (χ2v) is 8.69. The molecule has 0 radical (unpaired) electrons. The number of carbonyl (C=O) groups is 2. The molecule has 0 saturated carbocycles. The van der Waals surface area contributed by atoms with Crippen molar-refractivity contribution in [1.29, 1.82) is 0 Å². The van der Waals surface area contributed by atoms with Gasteiger partial charge in [-0.2, -0.15) is 0 Å². The lowest BCUT2D eigenvalue weighted by Gasteiger charge is -2.31. The van der Waals surface area contributed by atoms with E-state index >= 15 is 0 Å². The maximum absolute atomic E-state index is 13.0. The highest BCUT2D eigenvalue weighted by molar-refractivity contribution is 6.35. The van der Waals surface area contributed by atoms with Gasteiger partial charge in [0.25, 0.3) is 0 Å². The summed E-state index contributed by atoms with van der Waals surface area (Å²) in [5.74, 6) is -1.66. The number of nitrogens with one attached hydrogen (secondary N) is 2. The van der Waals surface area contributed by atoms with Gasteiger partial charge in [0.2, 0.25) is 0 Å². The Bertz CT molecular complexity index is 957. The summed E-state index contributed by atoms with van der Waals surface area (Å²) < 4.78 is 13.0. The van der Waals surface area contributed by atoms with E-state index in [1.165, 1.54) is 28.9 Å². The van der Waals surface area contributed by atoms with Crippen LogP contribution in [-0.2, 0) is 22.6 Å². The third-order valence-corrected chi connectivity index (χ3v) is 6.45. The van der Waals surface area contributed by atoms with Crippen molar-refractivity contribution in [2.75, 3.05) is 38.1 Å². The Morgan fingerprint density at radius 2 is 1.69 bits per heavy atom. The number of benzene rings is 2. The number of halogens is 1. The van der Waals surface area contributed by atoms with Crippen molar-refractivity contribution >= 4 is 17.5 Å². The molecule has 2 aromatic carbocycles. The van der Waals surface area contributed by atoms with E-state index in [0.717, 1.165) is 50.9 Å². The van der Waals surface area contributed by atoms with E-state index in [4.69, 9.17) is 0 Å². The highest BCUT2D eigenvalue weighted by atomic mass is 19.1. The Labute approximate surface area is 188 Å². The summed E-state index contributed by atoms with van der Waals surface area (Å²) in [5.41, 5.74) is 4.56. The van der Waals surface area contributed by atoms with Crippen molar-refractivity contribution in [3.63, 3.8) is 0 Å². The maximum atomic E-state index is 13.0. The number of carbonyl (C=O) groups excluding carboxylic acids is 2. The molecule has 6 nitrogen and oxygen atoms in total. The van der Waals surface area contributed by atoms with Crippen LogP contribution in [0.15, 0.2) is 42.5 Å². The van der Waals surface area contributed by atoms with Crippen LogP contribution in [-0.4, -0.2) is 49.9 Å². The van der Waals surface area contributed by atoms with Gasteiger partial charge in [-0.3, -0.25) is 14.5 Å². The van der Waals surface area contributed by atoms with Gasteiger partial charge < -0.3 is 15.5 Å². The van der Waals surface area contributed by atoms with E-state index in [2.05, 4.69) is 45.7 Å². The minimum Gasteiger partial charge on any atom is -0.374 e. The van der Waals surface area contributed by atoms with Crippen LogP contribution in [0.3, 0.4) is 0 Å². The lowest BCUT2D eigenvalue weighted by Crippen LogP contribution is -2.43. The second kappa shape index (κ2) is 10.1. The summed E-state index contributed by atoms with van der Waals surface area (Å²) in [7, 11) is 2.13. The number of anilines is 1. The Morgan fingerprint density at radius 3 is 2.44 bits per heavy atom. The Hall–Kier alpha value is -2.93. The average molecular weight is 439 g/mol. The average Bonchev–Trinajstić information content (AvgIpc) is 3.33. The lowest BCUT2D eigenvalue weighted by molar-refractivity contribution is -0.139. The van der Waals surface area contributed by atoms with Gasteiger partial charge in [-0.05, 0) is 73.7 Å². The second-order valence-electron chi connectivity index (χ2n) is 8.69. The fourth-order valence-corrected chi connectivity index (χ4v) is 4.66. The van der Waals surface area contributed by atoms with Crippen molar-refractivity contribution in [2.24, 2.45) is 0 Å². The molecule has 4 rings (SSSR count). The zero-order valence-corrected chi connectivity index (χ0v) is 18.6. The highest BCUT2D eigenvalue weighted by Crippen LogP contribution is 2.31. The number of amides is 2. The number of nitrogens with zero attached hydrogens (tertiary/aromatic N) is 2. The summed E-state index contributed by atoms with van der Waals surface area (Å²) in [4.78, 5) is 29.4. The van der Waals surface area contributed by atoms with Gasteiger partial charge in [-0.15, -0.1) is 0 Å². The topological polar surface area (TPSA) is 64.7 Å². The summed E-state index contributed by atoms with van der Waals surface area (Å²) >= 11 is 0. The Balaban J connectivity index is 1.39. The number of hydrogen-bond donors (Lipinski definition) is 2. The van der Waals surface area contributed by atoms with Crippen LogP contribution < -0.4 is 15.5 Å². The first-order valence-electron chi connectivity index (χ1n) is 11.4. The van der Waals surface area contributed by atoms with Crippen LogP contribution in [0.25, 0.3) is 0 Å². The number of fused-ring (bicyclic) bond motifs is 1. The molecule has 170 valence electrons. The molecule has 1 saturated heterocycles. The van der Waals surface area contributed by atoms with E-state index in [-0.39, 0.29) is 18.4 Å². The molecule has 32 heavy (non-hydrogen) atoms. The molecule has 2 amide bonds. The first-order chi connectivity index (χ1) is 15.5. The van der Waals surface area contributed by atoms with Gasteiger partial charge >= 0.3 is 11.8 Å². The summed E-state index contributed by atoms with van der Waals surface area (Å²) in [6.45, 7) is 3.63. The van der Waals surface area contributed by atoms with Gasteiger partial charge in [0.05, 0.1) is 6.04 Å². The third kappa shape index (κ3) is 5.27. The van der Waals surface area contributed by atoms with Crippen molar-refractivity contribution in [3.05, 3.63) is 65.0 Å². The number of rotatable bonds is 6. The van der Waals surface area contributed by atoms with Crippen LogP contribution in [0.2, 0.25) is 0 Å². The molecule has 2 aliphatic heterocycles. The zero-order chi connectivity index (χ0) is 22.5. The Kier molecular flexibility index (Phi) is 7.05. The molecular formula is C25H31FN4O2. The molecule has 1 atom stereocenters. The molecular weight excluding hydrogens is 407 g/mol. The minimum atomic E-state index is -0.679. The van der Waals surface area contributed by atoms with Crippen LogP contribution in [0, 0.1) is 5.82 Å². The molecule has 1 fully saturated rings. The summed E-state index contributed by atoms with van der Waals surface area (Å²) in [6, 6.07) is 12.5. The van der Waals surface area contributed by atoms with Crippen LogP contribution in [0.5, 0.6) is 0 Å². The lowest BCUT2D eigenvalue weighted by atomic mass is 9.96. The quantitative estimate of drug-likeness (QED) is 0.681. The molecule has 7 heteroatoms.